The van der Waals surface area contributed by atoms with Gasteiger partial charge in [-0.2, -0.15) is 13.2 Å². The number of halogens is 3. The number of alkyl halides is 3. The van der Waals surface area contributed by atoms with E-state index >= 15 is 0 Å². The van der Waals surface area contributed by atoms with Crippen LogP contribution in [0, 0.1) is 5.92 Å². The summed E-state index contributed by atoms with van der Waals surface area (Å²) in [7, 11) is 1.09. The monoisotopic (exact) mass is 228 g/mol. The third-order valence-corrected chi connectivity index (χ3v) is 1.55. The Hall–Kier alpha value is -1.11. The fourth-order valence-electron chi connectivity index (χ4n) is 0.701. The first-order chi connectivity index (χ1) is 6.78. The van der Waals surface area contributed by atoms with E-state index in [2.05, 4.69) is 9.47 Å². The molecular formula is C8H11F3O4. The van der Waals surface area contributed by atoms with Gasteiger partial charge in [-0.1, -0.05) is 0 Å². The van der Waals surface area contributed by atoms with Gasteiger partial charge in [-0.15, -0.1) is 0 Å². The van der Waals surface area contributed by atoms with E-state index in [1.165, 1.54) is 6.92 Å². The summed E-state index contributed by atoms with van der Waals surface area (Å²) in [5, 5.41) is 0. The number of hydrogen-bond acceptors (Lipinski definition) is 4. The summed E-state index contributed by atoms with van der Waals surface area (Å²) in [6, 6.07) is 0. The summed E-state index contributed by atoms with van der Waals surface area (Å²) in [6.07, 6.45) is -4.48. The van der Waals surface area contributed by atoms with Gasteiger partial charge >= 0.3 is 12.1 Å². The van der Waals surface area contributed by atoms with E-state index in [-0.39, 0.29) is 0 Å². The first kappa shape index (κ1) is 13.9. The largest absolute Gasteiger partial charge is 0.468 e. The van der Waals surface area contributed by atoms with Gasteiger partial charge in [-0.25, -0.2) is 0 Å². The van der Waals surface area contributed by atoms with Crippen molar-refractivity contribution in [2.45, 2.75) is 13.1 Å². The highest BCUT2D eigenvalue weighted by atomic mass is 19.4. The van der Waals surface area contributed by atoms with Crippen LogP contribution in [0.4, 0.5) is 13.2 Å². The van der Waals surface area contributed by atoms with Gasteiger partial charge in [-0.05, 0) is 6.92 Å². The maximum atomic E-state index is 11.6. The second kappa shape index (κ2) is 5.69. The second-order valence-electron chi connectivity index (χ2n) is 2.82. The maximum absolute atomic E-state index is 11.6. The molecule has 0 saturated carbocycles. The van der Waals surface area contributed by atoms with Gasteiger partial charge in [0, 0.05) is 0 Å². The lowest BCUT2D eigenvalue weighted by Crippen LogP contribution is -2.28. The molecule has 0 fully saturated rings. The Morgan fingerprint density at radius 3 is 2.27 bits per heavy atom. The highest BCUT2D eigenvalue weighted by molar-refractivity contribution is 5.99. The summed E-state index contributed by atoms with van der Waals surface area (Å²) in [6.45, 7) is -1.02. The Balaban J connectivity index is 3.89. The van der Waals surface area contributed by atoms with Gasteiger partial charge in [0.1, 0.15) is 19.1 Å². The van der Waals surface area contributed by atoms with Gasteiger partial charge in [0.15, 0.2) is 5.78 Å². The van der Waals surface area contributed by atoms with E-state index in [9.17, 15) is 22.8 Å². The topological polar surface area (TPSA) is 52.6 Å². The lowest BCUT2D eigenvalue weighted by molar-refractivity contribution is -0.176. The molecular weight excluding hydrogens is 217 g/mol. The molecule has 0 aromatic carbocycles. The normalized spacial score (nSPS) is 13.4. The SMILES string of the molecule is COC(=O)C(C)C(=O)COCC(F)(F)F. The summed E-state index contributed by atoms with van der Waals surface area (Å²) < 4.78 is 43.1. The van der Waals surface area contributed by atoms with Crippen LogP contribution in [0.5, 0.6) is 0 Å². The third-order valence-electron chi connectivity index (χ3n) is 1.55. The van der Waals surface area contributed by atoms with E-state index in [0.29, 0.717) is 0 Å². The zero-order chi connectivity index (χ0) is 12.1. The molecule has 0 aromatic heterocycles. The van der Waals surface area contributed by atoms with E-state index in [0.717, 1.165) is 7.11 Å². The number of esters is 1. The molecule has 1 unspecified atom stereocenters. The van der Waals surface area contributed by atoms with Crippen LogP contribution in [0.2, 0.25) is 0 Å². The molecule has 0 spiro atoms. The molecule has 0 aromatic rings. The van der Waals surface area contributed by atoms with Gasteiger partial charge in [0.05, 0.1) is 7.11 Å². The van der Waals surface area contributed by atoms with Gasteiger partial charge in [-0.3, -0.25) is 9.59 Å². The number of carbonyl (C=O) groups excluding carboxylic acids is 2. The van der Waals surface area contributed by atoms with Crippen molar-refractivity contribution in [2.24, 2.45) is 5.92 Å². The molecule has 1 atom stereocenters. The Morgan fingerprint density at radius 2 is 1.87 bits per heavy atom. The quantitative estimate of drug-likeness (QED) is 0.519. The molecule has 0 radical (unpaired) electrons. The second-order valence-corrected chi connectivity index (χ2v) is 2.82. The molecule has 0 N–H and O–H groups in total. The third kappa shape index (κ3) is 6.05. The van der Waals surface area contributed by atoms with Crippen LogP contribution in [0.25, 0.3) is 0 Å². The van der Waals surface area contributed by atoms with Crippen molar-refractivity contribution in [2.75, 3.05) is 20.3 Å². The minimum absolute atomic E-state index is 0.744. The van der Waals surface area contributed by atoms with E-state index in [4.69, 9.17) is 0 Å². The molecule has 0 amide bonds. The number of methoxy groups -OCH3 is 1. The number of carbonyl (C=O) groups is 2. The number of Topliss-reactive ketones (excluding diaryl/α,β-unsaturated/α-hetero) is 1. The molecule has 0 aliphatic carbocycles. The van der Waals surface area contributed by atoms with Crippen molar-refractivity contribution in [1.29, 1.82) is 0 Å². The van der Waals surface area contributed by atoms with Crippen molar-refractivity contribution in [3.63, 3.8) is 0 Å². The average molecular weight is 228 g/mol. The Kier molecular flexibility index (Phi) is 5.27. The van der Waals surface area contributed by atoms with Crippen LogP contribution in [0.1, 0.15) is 6.92 Å². The van der Waals surface area contributed by atoms with Crippen molar-refractivity contribution in [3.8, 4) is 0 Å². The number of hydrogen-bond donors (Lipinski definition) is 0. The van der Waals surface area contributed by atoms with E-state index in [1.54, 1.807) is 0 Å². The number of ether oxygens (including phenoxy) is 2. The zero-order valence-corrected chi connectivity index (χ0v) is 8.26. The molecule has 0 saturated heterocycles. The maximum Gasteiger partial charge on any atom is 0.411 e. The molecule has 0 aliphatic rings. The minimum Gasteiger partial charge on any atom is -0.468 e. The van der Waals surface area contributed by atoms with E-state index < -0.39 is 37.1 Å². The van der Waals surface area contributed by atoms with Crippen molar-refractivity contribution >= 4 is 11.8 Å². The molecule has 0 heterocycles. The lowest BCUT2D eigenvalue weighted by atomic mass is 10.1. The Morgan fingerprint density at radius 1 is 1.33 bits per heavy atom. The predicted molar refractivity (Wildman–Crippen MR) is 43.1 cm³/mol. The van der Waals surface area contributed by atoms with Crippen LogP contribution >= 0.6 is 0 Å². The predicted octanol–water partition coefficient (Wildman–Crippen LogP) is 0.943. The Bertz CT molecular complexity index is 237. The lowest BCUT2D eigenvalue weighted by Gasteiger charge is -2.09. The highest BCUT2D eigenvalue weighted by Gasteiger charge is 2.29. The molecule has 15 heavy (non-hydrogen) atoms. The zero-order valence-electron chi connectivity index (χ0n) is 8.26. The number of rotatable bonds is 5. The van der Waals surface area contributed by atoms with E-state index in [1.807, 2.05) is 0 Å². The van der Waals surface area contributed by atoms with Gasteiger partial charge < -0.3 is 9.47 Å². The van der Waals surface area contributed by atoms with Gasteiger partial charge in [0.25, 0.3) is 0 Å². The van der Waals surface area contributed by atoms with Gasteiger partial charge in [0.2, 0.25) is 0 Å². The van der Waals surface area contributed by atoms with Crippen LogP contribution in [-0.2, 0) is 19.1 Å². The molecule has 0 bridgehead atoms. The number of ketones is 1. The fourth-order valence-corrected chi connectivity index (χ4v) is 0.701. The van der Waals surface area contributed by atoms with Crippen molar-refractivity contribution in [1.82, 2.24) is 0 Å². The molecule has 0 rings (SSSR count). The summed E-state index contributed by atoms with van der Waals surface area (Å²) in [4.78, 5) is 21.8. The molecule has 7 heteroatoms. The van der Waals surface area contributed by atoms with Crippen LogP contribution in [-0.4, -0.2) is 38.3 Å². The van der Waals surface area contributed by atoms with Crippen molar-refractivity contribution < 1.29 is 32.2 Å². The van der Waals surface area contributed by atoms with Crippen LogP contribution in [0.15, 0.2) is 0 Å². The molecule has 0 aliphatic heterocycles. The first-order valence-electron chi connectivity index (χ1n) is 4.03. The van der Waals surface area contributed by atoms with Crippen LogP contribution in [0.3, 0.4) is 0 Å². The molecule has 88 valence electrons. The standard InChI is InChI=1S/C8H11F3O4/c1-5(7(13)14-2)6(12)3-15-4-8(9,10)11/h5H,3-4H2,1-2H3. The van der Waals surface area contributed by atoms with Crippen molar-refractivity contribution in [3.05, 3.63) is 0 Å². The Labute approximate surface area is 84.3 Å². The smallest absolute Gasteiger partial charge is 0.411 e. The average Bonchev–Trinajstić information content (AvgIpc) is 2.13. The summed E-state index contributed by atoms with van der Waals surface area (Å²) >= 11 is 0. The first-order valence-corrected chi connectivity index (χ1v) is 4.03. The summed E-state index contributed by atoms with van der Waals surface area (Å²) in [5.41, 5.74) is 0. The van der Waals surface area contributed by atoms with Crippen LogP contribution < -0.4 is 0 Å². The summed E-state index contributed by atoms with van der Waals surface area (Å²) in [5.74, 6) is -2.65. The highest BCUT2D eigenvalue weighted by Crippen LogP contribution is 2.14. The molecule has 4 nitrogen and oxygen atoms in total. The minimum atomic E-state index is -4.48. The fraction of sp³-hybridized carbons (Fsp3) is 0.750.